The van der Waals surface area contributed by atoms with E-state index in [1.807, 2.05) is 42.5 Å². The molecule has 0 saturated heterocycles. The van der Waals surface area contributed by atoms with Gasteiger partial charge in [0.15, 0.2) is 0 Å². The molecule has 0 spiro atoms. The van der Waals surface area contributed by atoms with Crippen molar-refractivity contribution >= 4 is 40.0 Å². The molecule has 0 bridgehead atoms. The summed E-state index contributed by atoms with van der Waals surface area (Å²) in [5.41, 5.74) is 1.54. The lowest BCUT2D eigenvalue weighted by atomic mass is 10.2. The number of benzene rings is 2. The van der Waals surface area contributed by atoms with Crippen LogP contribution in [0.15, 0.2) is 54.7 Å². The number of halogens is 1. The first-order valence-corrected chi connectivity index (χ1v) is 8.36. The number of hydrogen-bond acceptors (Lipinski definition) is 7. The maximum atomic E-state index is 11.7. The van der Waals surface area contributed by atoms with Gasteiger partial charge in [-0.15, -0.1) is 0 Å². The van der Waals surface area contributed by atoms with Crippen LogP contribution < -0.4 is 20.1 Å². The Morgan fingerprint density at radius 2 is 1.85 bits per heavy atom. The van der Waals surface area contributed by atoms with Crippen molar-refractivity contribution in [1.29, 1.82) is 0 Å². The van der Waals surface area contributed by atoms with Crippen LogP contribution in [0.25, 0.3) is 0 Å². The van der Waals surface area contributed by atoms with Crippen molar-refractivity contribution in [3.8, 4) is 11.5 Å². The van der Waals surface area contributed by atoms with E-state index in [0.29, 0.717) is 22.9 Å². The highest BCUT2D eigenvalue weighted by molar-refractivity contribution is 6.68. The standard InChI is InChI=1S/C19H17ClN4O3/c1-26-13-7-5-6-12(10-13)22-18-14(17(20)25)11-21-19(24-18)23-15-8-3-4-9-16(15)27-2/h3-11H,1-2H3,(H2,21,22,23,24). The Labute approximate surface area is 161 Å². The maximum absolute atomic E-state index is 11.7. The summed E-state index contributed by atoms with van der Waals surface area (Å²) in [6.45, 7) is 0. The zero-order chi connectivity index (χ0) is 19.2. The van der Waals surface area contributed by atoms with Crippen LogP contribution in [-0.4, -0.2) is 29.4 Å². The van der Waals surface area contributed by atoms with Crippen LogP contribution >= 0.6 is 11.6 Å². The lowest BCUT2D eigenvalue weighted by Crippen LogP contribution is -2.06. The van der Waals surface area contributed by atoms with E-state index in [1.54, 1.807) is 20.3 Å². The summed E-state index contributed by atoms with van der Waals surface area (Å²) in [6, 6.07) is 14.6. The van der Waals surface area contributed by atoms with Gasteiger partial charge >= 0.3 is 0 Å². The van der Waals surface area contributed by atoms with E-state index in [-0.39, 0.29) is 17.3 Å². The smallest absolute Gasteiger partial charge is 0.257 e. The van der Waals surface area contributed by atoms with Crippen molar-refractivity contribution in [2.45, 2.75) is 0 Å². The van der Waals surface area contributed by atoms with Crippen LogP contribution in [0.4, 0.5) is 23.1 Å². The second-order valence-corrected chi connectivity index (χ2v) is 5.76. The van der Waals surface area contributed by atoms with Crippen molar-refractivity contribution < 1.29 is 14.3 Å². The number of carbonyl (C=O) groups excluding carboxylic acids is 1. The zero-order valence-corrected chi connectivity index (χ0v) is 15.4. The molecule has 0 atom stereocenters. The Hall–Kier alpha value is -3.32. The summed E-state index contributed by atoms with van der Waals surface area (Å²) in [5.74, 6) is 1.86. The zero-order valence-electron chi connectivity index (χ0n) is 14.7. The largest absolute Gasteiger partial charge is 0.497 e. The molecule has 3 aromatic rings. The monoisotopic (exact) mass is 384 g/mol. The lowest BCUT2D eigenvalue weighted by Gasteiger charge is -2.13. The summed E-state index contributed by atoms with van der Waals surface area (Å²) in [5, 5.41) is 5.48. The van der Waals surface area contributed by atoms with Crippen molar-refractivity contribution in [2.75, 3.05) is 24.9 Å². The summed E-state index contributed by atoms with van der Waals surface area (Å²) in [6.07, 6.45) is 1.36. The van der Waals surface area contributed by atoms with Gasteiger partial charge in [0.2, 0.25) is 5.95 Å². The molecule has 0 saturated carbocycles. The summed E-state index contributed by atoms with van der Waals surface area (Å²) in [4.78, 5) is 20.3. The number of methoxy groups -OCH3 is 2. The van der Waals surface area contributed by atoms with Crippen molar-refractivity contribution in [2.24, 2.45) is 0 Å². The Kier molecular flexibility index (Phi) is 5.73. The van der Waals surface area contributed by atoms with E-state index in [0.717, 1.165) is 0 Å². The van der Waals surface area contributed by atoms with Gasteiger partial charge in [0, 0.05) is 18.0 Å². The highest BCUT2D eigenvalue weighted by Crippen LogP contribution is 2.28. The predicted molar refractivity (Wildman–Crippen MR) is 105 cm³/mol. The third kappa shape index (κ3) is 4.45. The number of rotatable bonds is 7. The quantitative estimate of drug-likeness (QED) is 0.585. The van der Waals surface area contributed by atoms with E-state index in [2.05, 4.69) is 20.6 Å². The average molecular weight is 385 g/mol. The van der Waals surface area contributed by atoms with Gasteiger partial charge in [-0.2, -0.15) is 4.98 Å². The second kappa shape index (κ2) is 8.37. The molecule has 7 nitrogen and oxygen atoms in total. The first-order chi connectivity index (χ1) is 13.1. The molecule has 0 unspecified atom stereocenters. The minimum atomic E-state index is -0.663. The van der Waals surface area contributed by atoms with Gasteiger partial charge in [0.05, 0.1) is 25.5 Å². The van der Waals surface area contributed by atoms with Gasteiger partial charge in [0.1, 0.15) is 17.3 Å². The average Bonchev–Trinajstić information content (AvgIpc) is 2.68. The van der Waals surface area contributed by atoms with E-state index in [1.165, 1.54) is 6.20 Å². The first kappa shape index (κ1) is 18.5. The van der Waals surface area contributed by atoms with E-state index in [4.69, 9.17) is 21.1 Å². The molecule has 0 amide bonds. The number of ether oxygens (including phenoxy) is 2. The number of aromatic nitrogens is 2. The first-order valence-electron chi connectivity index (χ1n) is 7.98. The van der Waals surface area contributed by atoms with Gasteiger partial charge in [-0.25, -0.2) is 4.98 Å². The van der Waals surface area contributed by atoms with Gasteiger partial charge in [-0.05, 0) is 35.9 Å². The fourth-order valence-electron chi connectivity index (χ4n) is 2.39. The van der Waals surface area contributed by atoms with Gasteiger partial charge in [-0.1, -0.05) is 18.2 Å². The SMILES string of the molecule is COc1cccc(Nc2nc(Nc3ccccc3OC)ncc2C(=O)Cl)c1. The Bertz CT molecular complexity index is 965. The Morgan fingerprint density at radius 3 is 2.59 bits per heavy atom. The Balaban J connectivity index is 1.94. The number of para-hydroxylation sites is 2. The minimum absolute atomic E-state index is 0.157. The number of hydrogen-bond donors (Lipinski definition) is 2. The van der Waals surface area contributed by atoms with Crippen molar-refractivity contribution in [1.82, 2.24) is 9.97 Å². The predicted octanol–water partition coefficient (Wildman–Crippen LogP) is 4.36. The van der Waals surface area contributed by atoms with Crippen LogP contribution in [0.5, 0.6) is 11.5 Å². The molecule has 1 heterocycles. The molecule has 0 aliphatic carbocycles. The molecule has 27 heavy (non-hydrogen) atoms. The maximum Gasteiger partial charge on any atom is 0.257 e. The molecule has 138 valence electrons. The molecule has 3 rings (SSSR count). The Morgan fingerprint density at radius 1 is 1.04 bits per heavy atom. The molecule has 2 N–H and O–H groups in total. The van der Waals surface area contributed by atoms with Crippen LogP contribution in [0.1, 0.15) is 10.4 Å². The molecule has 0 aliphatic heterocycles. The number of nitrogens with one attached hydrogen (secondary N) is 2. The molecule has 0 fully saturated rings. The summed E-state index contributed by atoms with van der Waals surface area (Å²) < 4.78 is 10.5. The number of nitrogens with zero attached hydrogens (tertiary/aromatic N) is 2. The van der Waals surface area contributed by atoms with Crippen LogP contribution in [0, 0.1) is 0 Å². The van der Waals surface area contributed by atoms with Crippen LogP contribution in [0.2, 0.25) is 0 Å². The molecule has 8 heteroatoms. The molecule has 0 radical (unpaired) electrons. The van der Waals surface area contributed by atoms with E-state index < -0.39 is 5.24 Å². The molecular formula is C19H17ClN4O3. The number of anilines is 4. The third-order valence-corrected chi connectivity index (χ3v) is 3.89. The normalized spacial score (nSPS) is 10.2. The third-order valence-electron chi connectivity index (χ3n) is 3.69. The minimum Gasteiger partial charge on any atom is -0.497 e. The van der Waals surface area contributed by atoms with E-state index >= 15 is 0 Å². The molecule has 1 aromatic heterocycles. The molecular weight excluding hydrogens is 368 g/mol. The lowest BCUT2D eigenvalue weighted by molar-refractivity contribution is 0.108. The highest BCUT2D eigenvalue weighted by Gasteiger charge is 2.14. The molecule has 0 aliphatic rings. The molecule has 2 aromatic carbocycles. The van der Waals surface area contributed by atoms with Gasteiger partial charge in [0.25, 0.3) is 5.24 Å². The van der Waals surface area contributed by atoms with Crippen LogP contribution in [-0.2, 0) is 0 Å². The van der Waals surface area contributed by atoms with Crippen molar-refractivity contribution in [3.63, 3.8) is 0 Å². The topological polar surface area (TPSA) is 85.4 Å². The van der Waals surface area contributed by atoms with Gasteiger partial charge < -0.3 is 20.1 Å². The second-order valence-electron chi connectivity index (χ2n) is 5.41. The fraction of sp³-hybridized carbons (Fsp3) is 0.105. The fourth-order valence-corrected chi connectivity index (χ4v) is 2.53. The highest BCUT2D eigenvalue weighted by atomic mass is 35.5. The summed E-state index contributed by atoms with van der Waals surface area (Å²) >= 11 is 5.67. The van der Waals surface area contributed by atoms with Crippen LogP contribution in [0.3, 0.4) is 0 Å². The van der Waals surface area contributed by atoms with Gasteiger partial charge in [-0.3, -0.25) is 4.79 Å². The van der Waals surface area contributed by atoms with E-state index in [9.17, 15) is 4.79 Å². The van der Waals surface area contributed by atoms with Crippen molar-refractivity contribution in [3.05, 3.63) is 60.3 Å². The number of carbonyl (C=O) groups is 1. The summed E-state index contributed by atoms with van der Waals surface area (Å²) in [7, 11) is 3.15.